The van der Waals surface area contributed by atoms with E-state index in [1.165, 1.54) is 0 Å². The molecule has 0 bridgehead atoms. The second-order valence-corrected chi connectivity index (χ2v) is 9.19. The van der Waals surface area contributed by atoms with E-state index in [0.29, 0.717) is 30.8 Å². The molecular weight excluding hydrogens is 436 g/mol. The van der Waals surface area contributed by atoms with Gasteiger partial charge in [-0.05, 0) is 56.4 Å². The normalized spacial score (nSPS) is 25.8. The molecule has 3 atom stereocenters. The largest absolute Gasteiger partial charge is 0.507 e. The number of amides is 1. The molecule has 3 aliphatic rings. The van der Waals surface area contributed by atoms with Crippen LogP contribution in [0.15, 0.2) is 47.3 Å². The Balaban J connectivity index is 1.80. The summed E-state index contributed by atoms with van der Waals surface area (Å²) in [5.74, 6) is -0.00785. The Morgan fingerprint density at radius 3 is 2.65 bits per heavy atom. The molecule has 0 saturated carbocycles. The van der Waals surface area contributed by atoms with E-state index >= 15 is 0 Å². The van der Waals surface area contributed by atoms with Crippen molar-refractivity contribution in [3.8, 4) is 5.75 Å². The van der Waals surface area contributed by atoms with Crippen molar-refractivity contribution < 1.29 is 28.9 Å². The Kier molecular flexibility index (Phi) is 6.81. The van der Waals surface area contributed by atoms with Crippen LogP contribution in [0.2, 0.25) is 0 Å². The number of carbonyl (C=O) groups is 2. The van der Waals surface area contributed by atoms with E-state index in [1.807, 2.05) is 38.1 Å². The number of nitrogens with zero attached hydrogens (tertiary/aromatic N) is 2. The molecule has 182 valence electrons. The van der Waals surface area contributed by atoms with Crippen molar-refractivity contribution in [1.82, 2.24) is 9.80 Å². The molecule has 2 heterocycles. The van der Waals surface area contributed by atoms with E-state index in [4.69, 9.17) is 14.2 Å². The van der Waals surface area contributed by atoms with Crippen molar-refractivity contribution in [2.75, 3.05) is 41.4 Å². The lowest BCUT2D eigenvalue weighted by Gasteiger charge is -2.31. The molecule has 1 aromatic rings. The summed E-state index contributed by atoms with van der Waals surface area (Å²) in [6.07, 6.45) is 4.54. The molecule has 1 aromatic carbocycles. The third-order valence-electron chi connectivity index (χ3n) is 6.57. The number of likely N-dealkylation sites (N-methyl/N-ethyl adjacent to an activating group) is 1. The first-order chi connectivity index (χ1) is 16.2. The zero-order valence-corrected chi connectivity index (χ0v) is 20.3. The van der Waals surface area contributed by atoms with E-state index in [-0.39, 0.29) is 23.5 Å². The van der Waals surface area contributed by atoms with Crippen LogP contribution in [-0.2, 0) is 25.5 Å². The summed E-state index contributed by atoms with van der Waals surface area (Å²) in [6.45, 7) is 2.92. The molecule has 0 unspecified atom stereocenters. The van der Waals surface area contributed by atoms with Crippen LogP contribution < -0.4 is 4.74 Å². The number of fused-ring (bicyclic) bond motifs is 1. The first-order valence-corrected chi connectivity index (χ1v) is 11.5. The van der Waals surface area contributed by atoms with Crippen molar-refractivity contribution in [2.24, 2.45) is 0 Å². The number of Topliss-reactive ketones (excluding diaryl/α,β-unsaturated/α-hetero) is 1. The van der Waals surface area contributed by atoms with E-state index < -0.39 is 17.7 Å². The SMILES string of the molecule is COC1=CC=C([C@@H]2C(=C(O)c3ccc4c(c3)C[C@H](C)O4)C(=O)C(=O)N2CCN(C)C)C[C@H]1OC. The highest BCUT2D eigenvalue weighted by atomic mass is 16.5. The Bertz CT molecular complexity index is 1090. The number of benzene rings is 1. The number of ether oxygens (including phenoxy) is 3. The van der Waals surface area contributed by atoms with Crippen molar-refractivity contribution in [3.63, 3.8) is 0 Å². The predicted molar refractivity (Wildman–Crippen MR) is 127 cm³/mol. The molecular formula is C26H32N2O6. The molecule has 1 aliphatic carbocycles. The van der Waals surface area contributed by atoms with Crippen LogP contribution >= 0.6 is 0 Å². The summed E-state index contributed by atoms with van der Waals surface area (Å²) in [6, 6.07) is 4.69. The van der Waals surface area contributed by atoms with Gasteiger partial charge in [-0.15, -0.1) is 0 Å². The average molecular weight is 469 g/mol. The number of rotatable bonds is 7. The van der Waals surface area contributed by atoms with Crippen LogP contribution in [0.5, 0.6) is 5.75 Å². The number of carbonyl (C=O) groups excluding carboxylic acids is 2. The monoisotopic (exact) mass is 468 g/mol. The fraction of sp³-hybridized carbons (Fsp3) is 0.462. The summed E-state index contributed by atoms with van der Waals surface area (Å²) in [4.78, 5) is 29.9. The van der Waals surface area contributed by atoms with E-state index in [1.54, 1.807) is 37.3 Å². The lowest BCUT2D eigenvalue weighted by molar-refractivity contribution is -0.139. The van der Waals surface area contributed by atoms with Crippen LogP contribution in [0.3, 0.4) is 0 Å². The minimum Gasteiger partial charge on any atom is -0.507 e. The Morgan fingerprint density at radius 1 is 1.21 bits per heavy atom. The first kappa shape index (κ1) is 24.0. The number of methoxy groups -OCH3 is 2. The number of aliphatic hydroxyl groups excluding tert-OH is 1. The van der Waals surface area contributed by atoms with Crippen molar-refractivity contribution in [2.45, 2.75) is 38.0 Å². The van der Waals surface area contributed by atoms with Crippen LogP contribution in [0.1, 0.15) is 24.5 Å². The Labute approximate surface area is 200 Å². The highest BCUT2D eigenvalue weighted by molar-refractivity contribution is 6.47. The maximum absolute atomic E-state index is 13.2. The molecule has 8 heteroatoms. The van der Waals surface area contributed by atoms with E-state index in [0.717, 1.165) is 23.3 Å². The molecule has 4 rings (SSSR count). The van der Waals surface area contributed by atoms with Gasteiger partial charge in [0, 0.05) is 38.6 Å². The number of hydrogen-bond acceptors (Lipinski definition) is 7. The van der Waals surface area contributed by atoms with Gasteiger partial charge in [0.2, 0.25) is 0 Å². The summed E-state index contributed by atoms with van der Waals surface area (Å²) >= 11 is 0. The van der Waals surface area contributed by atoms with Gasteiger partial charge in [0.1, 0.15) is 29.5 Å². The van der Waals surface area contributed by atoms with Gasteiger partial charge in [0.05, 0.1) is 18.7 Å². The van der Waals surface area contributed by atoms with E-state index in [2.05, 4.69) is 0 Å². The molecule has 0 radical (unpaired) electrons. The van der Waals surface area contributed by atoms with Crippen LogP contribution in [0.25, 0.3) is 5.76 Å². The maximum atomic E-state index is 13.2. The van der Waals surface area contributed by atoms with Gasteiger partial charge in [-0.1, -0.05) is 6.08 Å². The van der Waals surface area contributed by atoms with Gasteiger partial charge in [0.25, 0.3) is 11.7 Å². The van der Waals surface area contributed by atoms with Gasteiger partial charge in [-0.3, -0.25) is 9.59 Å². The summed E-state index contributed by atoms with van der Waals surface area (Å²) in [5.41, 5.74) is 2.38. The summed E-state index contributed by atoms with van der Waals surface area (Å²) < 4.78 is 16.8. The van der Waals surface area contributed by atoms with Crippen LogP contribution in [-0.4, -0.2) is 86.3 Å². The predicted octanol–water partition coefficient (Wildman–Crippen LogP) is 2.50. The number of likely N-dealkylation sites (tertiary alicyclic amines) is 1. The Hall–Kier alpha value is -3.10. The molecule has 34 heavy (non-hydrogen) atoms. The molecule has 1 saturated heterocycles. The summed E-state index contributed by atoms with van der Waals surface area (Å²) in [5, 5.41) is 11.4. The fourth-order valence-electron chi connectivity index (χ4n) is 4.81. The zero-order chi connectivity index (χ0) is 24.6. The lowest BCUT2D eigenvalue weighted by atomic mass is 9.88. The smallest absolute Gasteiger partial charge is 0.295 e. The number of allylic oxidation sites excluding steroid dienone is 2. The summed E-state index contributed by atoms with van der Waals surface area (Å²) in [7, 11) is 7.00. The molecule has 0 spiro atoms. The van der Waals surface area contributed by atoms with Gasteiger partial charge < -0.3 is 29.1 Å². The average Bonchev–Trinajstić information content (AvgIpc) is 3.32. The molecule has 2 aliphatic heterocycles. The molecule has 1 fully saturated rings. The molecule has 8 nitrogen and oxygen atoms in total. The van der Waals surface area contributed by atoms with Crippen molar-refractivity contribution in [3.05, 3.63) is 58.4 Å². The number of hydrogen-bond donors (Lipinski definition) is 1. The van der Waals surface area contributed by atoms with Gasteiger partial charge in [-0.2, -0.15) is 0 Å². The topological polar surface area (TPSA) is 88.5 Å². The lowest BCUT2D eigenvalue weighted by Crippen LogP contribution is -2.41. The van der Waals surface area contributed by atoms with Gasteiger partial charge in [-0.25, -0.2) is 0 Å². The second kappa shape index (κ2) is 9.64. The maximum Gasteiger partial charge on any atom is 0.295 e. The third kappa shape index (κ3) is 4.35. The molecule has 0 aromatic heterocycles. The van der Waals surface area contributed by atoms with E-state index in [9.17, 15) is 14.7 Å². The minimum absolute atomic E-state index is 0.0594. The van der Waals surface area contributed by atoms with Crippen LogP contribution in [0, 0.1) is 0 Å². The Morgan fingerprint density at radius 2 is 1.97 bits per heavy atom. The third-order valence-corrected chi connectivity index (χ3v) is 6.57. The van der Waals surface area contributed by atoms with Gasteiger partial charge >= 0.3 is 0 Å². The zero-order valence-electron chi connectivity index (χ0n) is 20.3. The first-order valence-electron chi connectivity index (χ1n) is 11.5. The number of ketones is 1. The minimum atomic E-state index is -0.685. The van der Waals surface area contributed by atoms with Crippen molar-refractivity contribution in [1.29, 1.82) is 0 Å². The van der Waals surface area contributed by atoms with Crippen molar-refractivity contribution >= 4 is 17.4 Å². The van der Waals surface area contributed by atoms with Crippen LogP contribution in [0.4, 0.5) is 0 Å². The highest BCUT2D eigenvalue weighted by Crippen LogP contribution is 2.38. The molecule has 1 amide bonds. The van der Waals surface area contributed by atoms with Gasteiger partial charge in [0.15, 0.2) is 0 Å². The standard InChI is InChI=1S/C26H32N2O6/c1-15-12-18-13-17(7-8-19(18)34-15)24(29)22-23(16-6-9-20(32-4)21(14-16)33-5)28(11-10-27(2)3)26(31)25(22)30/h6-9,13,15,21,23,29H,10-12,14H2,1-5H3/t15-,21+,23+/m0/s1. The fourth-order valence-corrected chi connectivity index (χ4v) is 4.81. The highest BCUT2D eigenvalue weighted by Gasteiger charge is 2.47. The quantitative estimate of drug-likeness (QED) is 0.374. The molecule has 1 N–H and O–H groups in total. The number of aliphatic hydroxyl groups is 1. The second-order valence-electron chi connectivity index (χ2n) is 9.19.